The first kappa shape index (κ1) is 13.2. The van der Waals surface area contributed by atoms with Crippen LogP contribution < -0.4 is 5.73 Å². The normalized spacial score (nSPS) is 14.8. The van der Waals surface area contributed by atoms with E-state index in [0.29, 0.717) is 10.9 Å². The van der Waals surface area contributed by atoms with E-state index in [0.717, 1.165) is 32.7 Å². The fourth-order valence-electron chi connectivity index (χ4n) is 2.65. The molecule has 1 aromatic heterocycles. The van der Waals surface area contributed by atoms with Gasteiger partial charge in [0.1, 0.15) is 5.82 Å². The van der Waals surface area contributed by atoms with Gasteiger partial charge in [-0.15, -0.1) is 0 Å². The van der Waals surface area contributed by atoms with Gasteiger partial charge in [-0.05, 0) is 65.2 Å². The van der Waals surface area contributed by atoms with Gasteiger partial charge in [0.25, 0.3) is 0 Å². The zero-order valence-electron chi connectivity index (χ0n) is 11.2. The quantitative estimate of drug-likeness (QED) is 0.659. The molecular weight excluding hydrogens is 350 g/mol. The van der Waals surface area contributed by atoms with E-state index in [9.17, 15) is 0 Å². The van der Waals surface area contributed by atoms with Crippen molar-refractivity contribution in [3.05, 3.63) is 51.7 Å². The number of nitrogen functional groups attached to an aromatic ring is 1. The smallest absolute Gasteiger partial charge is 0.117 e. The number of anilines is 1. The number of aromatic nitrogens is 2. The Bertz CT molecular complexity index is 852. The minimum Gasteiger partial charge on any atom is -0.399 e. The van der Waals surface area contributed by atoms with Gasteiger partial charge < -0.3 is 5.73 Å². The van der Waals surface area contributed by atoms with E-state index in [1.165, 1.54) is 12.8 Å². The fourth-order valence-corrected chi connectivity index (χ4v) is 3.51. The Labute approximate surface area is 135 Å². The number of benzene rings is 2. The summed E-state index contributed by atoms with van der Waals surface area (Å²) in [7, 11) is 0. The van der Waals surface area contributed by atoms with Gasteiger partial charge in [-0.2, -0.15) is 0 Å². The molecule has 5 heteroatoms. The first-order valence-electron chi connectivity index (χ1n) is 6.87. The van der Waals surface area contributed by atoms with Crippen LogP contribution in [-0.4, -0.2) is 9.55 Å². The number of nitrogens with zero attached hydrogens (tertiary/aromatic N) is 2. The van der Waals surface area contributed by atoms with Gasteiger partial charge in [0, 0.05) is 21.1 Å². The number of imidazole rings is 1. The molecule has 106 valence electrons. The van der Waals surface area contributed by atoms with Crippen LogP contribution in [0.3, 0.4) is 0 Å². The number of hydrogen-bond donors (Lipinski definition) is 1. The molecule has 0 amide bonds. The Morgan fingerprint density at radius 3 is 2.71 bits per heavy atom. The molecule has 0 aliphatic heterocycles. The van der Waals surface area contributed by atoms with Gasteiger partial charge in [-0.25, -0.2) is 4.98 Å². The number of halogens is 2. The van der Waals surface area contributed by atoms with Gasteiger partial charge in [-0.1, -0.05) is 11.6 Å². The Kier molecular flexibility index (Phi) is 2.98. The highest BCUT2D eigenvalue weighted by atomic mass is 79.9. The van der Waals surface area contributed by atoms with Gasteiger partial charge in [-0.3, -0.25) is 4.57 Å². The van der Waals surface area contributed by atoms with E-state index < -0.39 is 0 Å². The summed E-state index contributed by atoms with van der Waals surface area (Å²) < 4.78 is 3.18. The summed E-state index contributed by atoms with van der Waals surface area (Å²) in [5.41, 5.74) is 9.71. The van der Waals surface area contributed by atoms with Gasteiger partial charge >= 0.3 is 0 Å². The predicted molar refractivity (Wildman–Crippen MR) is 90.2 cm³/mol. The summed E-state index contributed by atoms with van der Waals surface area (Å²) in [6.45, 7) is 0. The highest BCUT2D eigenvalue weighted by molar-refractivity contribution is 9.10. The lowest BCUT2D eigenvalue weighted by atomic mass is 10.2. The van der Waals surface area contributed by atoms with Crippen molar-refractivity contribution in [3.63, 3.8) is 0 Å². The molecule has 3 aromatic rings. The number of rotatable bonds is 2. The molecule has 3 nitrogen and oxygen atoms in total. The van der Waals surface area contributed by atoms with Crippen molar-refractivity contribution >= 4 is 44.3 Å². The predicted octanol–water partition coefficient (Wildman–Crippen LogP) is 4.90. The molecule has 1 fully saturated rings. The van der Waals surface area contributed by atoms with Crippen molar-refractivity contribution in [2.75, 3.05) is 5.73 Å². The van der Waals surface area contributed by atoms with Gasteiger partial charge in [0.2, 0.25) is 0 Å². The van der Waals surface area contributed by atoms with Crippen LogP contribution in [0, 0.1) is 0 Å². The largest absolute Gasteiger partial charge is 0.399 e. The minimum absolute atomic E-state index is 0.543. The third-order valence-electron chi connectivity index (χ3n) is 3.80. The molecule has 4 rings (SSSR count). The second-order valence-electron chi connectivity index (χ2n) is 5.42. The molecule has 2 aromatic carbocycles. The Morgan fingerprint density at radius 2 is 2.00 bits per heavy atom. The van der Waals surface area contributed by atoms with Crippen molar-refractivity contribution in [1.29, 1.82) is 0 Å². The summed E-state index contributed by atoms with van der Waals surface area (Å²) in [4.78, 5) is 4.80. The molecule has 1 aliphatic carbocycles. The lowest BCUT2D eigenvalue weighted by Crippen LogP contribution is -2.00. The standard InChI is InChI=1S/C16H13BrClN3/c17-12-7-10(18)3-5-14(12)21-15-6-4-11(19)8-13(15)20-16(21)9-1-2-9/h3-9H,1-2,19H2. The van der Waals surface area contributed by atoms with Crippen LogP contribution in [0.1, 0.15) is 24.6 Å². The highest BCUT2D eigenvalue weighted by Gasteiger charge is 2.30. The van der Waals surface area contributed by atoms with Crippen molar-refractivity contribution in [2.45, 2.75) is 18.8 Å². The topological polar surface area (TPSA) is 43.8 Å². The maximum Gasteiger partial charge on any atom is 0.117 e. The molecule has 1 aliphatic rings. The molecule has 0 bridgehead atoms. The number of hydrogen-bond acceptors (Lipinski definition) is 2. The zero-order valence-corrected chi connectivity index (χ0v) is 13.5. The van der Waals surface area contributed by atoms with Crippen LogP contribution in [0.5, 0.6) is 0 Å². The number of fused-ring (bicyclic) bond motifs is 1. The molecule has 21 heavy (non-hydrogen) atoms. The lowest BCUT2D eigenvalue weighted by Gasteiger charge is -2.11. The van der Waals surface area contributed by atoms with E-state index in [2.05, 4.69) is 20.5 Å². The molecule has 2 N–H and O–H groups in total. The average molecular weight is 363 g/mol. The summed E-state index contributed by atoms with van der Waals surface area (Å²) in [6, 6.07) is 11.7. The van der Waals surface area contributed by atoms with E-state index in [1.807, 2.05) is 36.4 Å². The van der Waals surface area contributed by atoms with Crippen LogP contribution in [0.15, 0.2) is 40.9 Å². The van der Waals surface area contributed by atoms with Crippen molar-refractivity contribution in [3.8, 4) is 5.69 Å². The summed E-state index contributed by atoms with van der Waals surface area (Å²) >= 11 is 9.68. The molecule has 0 saturated heterocycles. The third kappa shape index (κ3) is 2.23. The van der Waals surface area contributed by atoms with E-state index in [1.54, 1.807) is 0 Å². The molecule has 0 radical (unpaired) electrons. The first-order chi connectivity index (χ1) is 10.1. The van der Waals surface area contributed by atoms with Gasteiger partial charge in [0.15, 0.2) is 0 Å². The Morgan fingerprint density at radius 1 is 1.19 bits per heavy atom. The Balaban J connectivity index is 2.03. The highest BCUT2D eigenvalue weighted by Crippen LogP contribution is 2.43. The average Bonchev–Trinajstić information content (AvgIpc) is 3.21. The fraction of sp³-hybridized carbons (Fsp3) is 0.188. The second kappa shape index (κ2) is 4.75. The maximum atomic E-state index is 6.06. The van der Waals surface area contributed by atoms with Crippen LogP contribution in [0.4, 0.5) is 5.69 Å². The Hall–Kier alpha value is -1.52. The van der Waals surface area contributed by atoms with Crippen LogP contribution in [-0.2, 0) is 0 Å². The van der Waals surface area contributed by atoms with Crippen molar-refractivity contribution in [2.24, 2.45) is 0 Å². The molecule has 0 spiro atoms. The molecular formula is C16H13BrClN3. The van der Waals surface area contributed by atoms with Crippen LogP contribution in [0.2, 0.25) is 5.02 Å². The van der Waals surface area contributed by atoms with Crippen LogP contribution >= 0.6 is 27.5 Å². The van der Waals surface area contributed by atoms with Crippen molar-refractivity contribution in [1.82, 2.24) is 9.55 Å². The molecule has 0 unspecified atom stereocenters. The van der Waals surface area contributed by atoms with Crippen LogP contribution in [0.25, 0.3) is 16.7 Å². The second-order valence-corrected chi connectivity index (χ2v) is 6.71. The SMILES string of the molecule is Nc1ccc2c(c1)nc(C1CC1)n2-c1ccc(Cl)cc1Br. The summed E-state index contributed by atoms with van der Waals surface area (Å²) in [5, 5.41) is 0.715. The van der Waals surface area contributed by atoms with E-state index in [4.69, 9.17) is 22.3 Å². The monoisotopic (exact) mass is 361 g/mol. The zero-order chi connectivity index (χ0) is 14.6. The molecule has 1 saturated carbocycles. The minimum atomic E-state index is 0.543. The van der Waals surface area contributed by atoms with E-state index in [-0.39, 0.29) is 0 Å². The third-order valence-corrected chi connectivity index (χ3v) is 4.67. The number of nitrogens with two attached hydrogens (primary N) is 1. The van der Waals surface area contributed by atoms with E-state index >= 15 is 0 Å². The maximum absolute atomic E-state index is 6.06. The lowest BCUT2D eigenvalue weighted by molar-refractivity contribution is 0.894. The summed E-state index contributed by atoms with van der Waals surface area (Å²) in [5.74, 6) is 1.65. The van der Waals surface area contributed by atoms with Gasteiger partial charge in [0.05, 0.1) is 16.7 Å². The van der Waals surface area contributed by atoms with Crippen molar-refractivity contribution < 1.29 is 0 Å². The molecule has 1 heterocycles. The first-order valence-corrected chi connectivity index (χ1v) is 8.04. The molecule has 0 atom stereocenters. The summed E-state index contributed by atoms with van der Waals surface area (Å²) in [6.07, 6.45) is 2.40.